The number of anilines is 3. The maximum Gasteiger partial charge on any atom is 0.119 e. The van der Waals surface area contributed by atoms with Gasteiger partial charge in [-0.1, -0.05) is 15.9 Å². The molecule has 0 aliphatic carbocycles. The minimum atomic E-state index is 0.716. The van der Waals surface area contributed by atoms with Gasteiger partial charge >= 0.3 is 0 Å². The highest BCUT2D eigenvalue weighted by Gasteiger charge is 2.04. The van der Waals surface area contributed by atoms with E-state index in [0.717, 1.165) is 27.2 Å². The van der Waals surface area contributed by atoms with Gasteiger partial charge in [0.1, 0.15) is 5.75 Å². The quantitative estimate of drug-likeness (QED) is 0.840. The van der Waals surface area contributed by atoms with Crippen molar-refractivity contribution in [3.63, 3.8) is 0 Å². The predicted octanol–water partition coefficient (Wildman–Crippen LogP) is 4.09. The first-order valence-electron chi connectivity index (χ1n) is 5.57. The predicted molar refractivity (Wildman–Crippen MR) is 79.6 cm³/mol. The zero-order chi connectivity index (χ0) is 13.1. The highest BCUT2D eigenvalue weighted by Crippen LogP contribution is 2.29. The number of ether oxygens (including phenoxy) is 1. The molecule has 0 amide bonds. The lowest BCUT2D eigenvalue weighted by molar-refractivity contribution is 0.414. The molecule has 0 aliphatic heterocycles. The van der Waals surface area contributed by atoms with Crippen LogP contribution in [0.5, 0.6) is 5.75 Å². The normalized spacial score (nSPS) is 10.2. The molecule has 0 unspecified atom stereocenters. The summed E-state index contributed by atoms with van der Waals surface area (Å²) in [6.07, 6.45) is 0. The number of aryl methyl sites for hydroxylation is 1. The Bertz CT molecular complexity index is 570. The van der Waals surface area contributed by atoms with Gasteiger partial charge in [0.15, 0.2) is 0 Å². The van der Waals surface area contributed by atoms with E-state index in [1.165, 1.54) is 0 Å². The molecule has 0 bridgehead atoms. The topological polar surface area (TPSA) is 47.3 Å². The molecule has 4 heteroatoms. The van der Waals surface area contributed by atoms with Gasteiger partial charge in [-0.15, -0.1) is 0 Å². The number of benzene rings is 2. The summed E-state index contributed by atoms with van der Waals surface area (Å²) in [5, 5.41) is 3.32. The first-order valence-corrected chi connectivity index (χ1v) is 6.36. The second kappa shape index (κ2) is 5.31. The van der Waals surface area contributed by atoms with Gasteiger partial charge < -0.3 is 15.8 Å². The lowest BCUT2D eigenvalue weighted by Gasteiger charge is -2.13. The monoisotopic (exact) mass is 306 g/mol. The second-order valence-corrected chi connectivity index (χ2v) is 4.95. The molecule has 0 atom stereocenters. The fourth-order valence-electron chi connectivity index (χ4n) is 1.69. The molecule has 0 fully saturated rings. The maximum absolute atomic E-state index is 5.94. The number of halogens is 1. The summed E-state index contributed by atoms with van der Waals surface area (Å²) in [7, 11) is 1.66. The Balaban J connectivity index is 2.31. The van der Waals surface area contributed by atoms with Crippen LogP contribution in [-0.4, -0.2) is 7.11 Å². The van der Waals surface area contributed by atoms with E-state index in [-0.39, 0.29) is 0 Å². The average Bonchev–Trinajstić information content (AvgIpc) is 2.36. The number of hydrogen-bond acceptors (Lipinski definition) is 3. The number of nitrogen functional groups attached to an aromatic ring is 1. The van der Waals surface area contributed by atoms with Crippen LogP contribution in [0.3, 0.4) is 0 Å². The first kappa shape index (κ1) is 12.8. The summed E-state index contributed by atoms with van der Waals surface area (Å²) < 4.78 is 6.17. The standard InChI is InChI=1S/C14H15BrN2O/c1-9-7-11(18-2)4-6-13(9)17-14-8-10(15)3-5-12(14)16/h3-8,17H,16H2,1-2H3. The van der Waals surface area contributed by atoms with Gasteiger partial charge in [0.25, 0.3) is 0 Å². The van der Waals surface area contributed by atoms with Crippen molar-refractivity contribution in [2.75, 3.05) is 18.2 Å². The third-order valence-electron chi connectivity index (χ3n) is 2.72. The molecule has 0 aromatic heterocycles. The zero-order valence-electron chi connectivity index (χ0n) is 10.3. The highest BCUT2D eigenvalue weighted by atomic mass is 79.9. The van der Waals surface area contributed by atoms with Crippen LogP contribution in [0.4, 0.5) is 17.1 Å². The lowest BCUT2D eigenvalue weighted by atomic mass is 10.1. The molecule has 0 saturated carbocycles. The van der Waals surface area contributed by atoms with Crippen molar-refractivity contribution >= 4 is 33.0 Å². The van der Waals surface area contributed by atoms with Gasteiger partial charge in [0, 0.05) is 10.2 Å². The van der Waals surface area contributed by atoms with Gasteiger partial charge in [0.05, 0.1) is 18.5 Å². The Labute approximate surface area is 115 Å². The van der Waals surface area contributed by atoms with E-state index in [4.69, 9.17) is 10.5 Å². The number of nitrogens with two attached hydrogens (primary N) is 1. The molecular formula is C14H15BrN2O. The van der Waals surface area contributed by atoms with Gasteiger partial charge in [0.2, 0.25) is 0 Å². The first-order chi connectivity index (χ1) is 8.60. The summed E-state index contributed by atoms with van der Waals surface area (Å²) >= 11 is 3.44. The van der Waals surface area contributed by atoms with Crippen LogP contribution in [0.2, 0.25) is 0 Å². The van der Waals surface area contributed by atoms with Gasteiger partial charge in [-0.05, 0) is 48.9 Å². The fourth-order valence-corrected chi connectivity index (χ4v) is 2.05. The zero-order valence-corrected chi connectivity index (χ0v) is 11.9. The molecule has 0 heterocycles. The molecular weight excluding hydrogens is 292 g/mol. The summed E-state index contributed by atoms with van der Waals surface area (Å²) in [5.74, 6) is 0.847. The van der Waals surface area contributed by atoms with Crippen molar-refractivity contribution < 1.29 is 4.74 Å². The third kappa shape index (κ3) is 2.76. The number of rotatable bonds is 3. The van der Waals surface area contributed by atoms with Crippen LogP contribution in [0, 0.1) is 6.92 Å². The summed E-state index contributed by atoms with van der Waals surface area (Å²) in [6.45, 7) is 2.03. The fraction of sp³-hybridized carbons (Fsp3) is 0.143. The molecule has 2 aromatic carbocycles. The summed E-state index contributed by atoms with van der Waals surface area (Å²) in [5.41, 5.74) is 9.66. The van der Waals surface area contributed by atoms with Crippen LogP contribution < -0.4 is 15.8 Å². The smallest absolute Gasteiger partial charge is 0.119 e. The largest absolute Gasteiger partial charge is 0.497 e. The van der Waals surface area contributed by atoms with Gasteiger partial charge in [-0.2, -0.15) is 0 Å². The molecule has 0 radical (unpaired) electrons. The minimum absolute atomic E-state index is 0.716. The maximum atomic E-state index is 5.94. The summed E-state index contributed by atoms with van der Waals surface area (Å²) in [4.78, 5) is 0. The van der Waals surface area contributed by atoms with Crippen molar-refractivity contribution in [2.45, 2.75) is 6.92 Å². The Kier molecular flexibility index (Phi) is 3.77. The number of hydrogen-bond donors (Lipinski definition) is 2. The van der Waals surface area contributed by atoms with E-state index in [0.29, 0.717) is 5.69 Å². The Morgan fingerprint density at radius 1 is 1.11 bits per heavy atom. The van der Waals surface area contributed by atoms with Crippen LogP contribution in [0.15, 0.2) is 40.9 Å². The highest BCUT2D eigenvalue weighted by molar-refractivity contribution is 9.10. The van der Waals surface area contributed by atoms with Crippen molar-refractivity contribution in [1.29, 1.82) is 0 Å². The number of nitrogens with one attached hydrogen (secondary N) is 1. The summed E-state index contributed by atoms with van der Waals surface area (Å²) in [6, 6.07) is 11.6. The average molecular weight is 307 g/mol. The van der Waals surface area contributed by atoms with E-state index >= 15 is 0 Å². The molecule has 3 nitrogen and oxygen atoms in total. The van der Waals surface area contributed by atoms with Crippen LogP contribution in [0.1, 0.15) is 5.56 Å². The van der Waals surface area contributed by atoms with E-state index < -0.39 is 0 Å². The van der Waals surface area contributed by atoms with Gasteiger partial charge in [-0.3, -0.25) is 0 Å². The molecule has 18 heavy (non-hydrogen) atoms. The van der Waals surface area contributed by atoms with Crippen LogP contribution in [0.25, 0.3) is 0 Å². The SMILES string of the molecule is COc1ccc(Nc2cc(Br)ccc2N)c(C)c1. The Morgan fingerprint density at radius 2 is 1.89 bits per heavy atom. The number of methoxy groups -OCH3 is 1. The Hall–Kier alpha value is -1.68. The van der Waals surface area contributed by atoms with Crippen molar-refractivity contribution in [3.05, 3.63) is 46.4 Å². The van der Waals surface area contributed by atoms with Crippen LogP contribution >= 0.6 is 15.9 Å². The lowest BCUT2D eigenvalue weighted by Crippen LogP contribution is -1.98. The van der Waals surface area contributed by atoms with Crippen molar-refractivity contribution in [2.24, 2.45) is 0 Å². The van der Waals surface area contributed by atoms with Crippen molar-refractivity contribution in [3.8, 4) is 5.75 Å². The van der Waals surface area contributed by atoms with E-state index in [1.807, 2.05) is 43.3 Å². The van der Waals surface area contributed by atoms with E-state index in [9.17, 15) is 0 Å². The molecule has 2 aromatic rings. The van der Waals surface area contributed by atoms with Gasteiger partial charge in [-0.25, -0.2) is 0 Å². The van der Waals surface area contributed by atoms with E-state index in [1.54, 1.807) is 7.11 Å². The second-order valence-electron chi connectivity index (χ2n) is 4.04. The molecule has 2 rings (SSSR count). The molecule has 0 spiro atoms. The molecule has 0 aliphatic rings. The Morgan fingerprint density at radius 3 is 2.56 bits per heavy atom. The minimum Gasteiger partial charge on any atom is -0.497 e. The molecule has 3 N–H and O–H groups in total. The van der Waals surface area contributed by atoms with Crippen LogP contribution in [-0.2, 0) is 0 Å². The van der Waals surface area contributed by atoms with E-state index in [2.05, 4.69) is 21.2 Å². The molecule has 0 saturated heterocycles. The van der Waals surface area contributed by atoms with Crippen molar-refractivity contribution in [1.82, 2.24) is 0 Å². The third-order valence-corrected chi connectivity index (χ3v) is 3.21. The molecule has 94 valence electrons.